The minimum atomic E-state index is -0.682. The number of hydrogen-bond acceptors (Lipinski definition) is 8. The maximum atomic E-state index is 10.2. The third kappa shape index (κ3) is 5.68. The van der Waals surface area contributed by atoms with Crippen molar-refractivity contribution in [2.45, 2.75) is 71.4 Å². The molecule has 3 aromatic rings. The van der Waals surface area contributed by atoms with Gasteiger partial charge in [0, 0.05) is 25.0 Å². The average Bonchev–Trinajstić information content (AvgIpc) is 3.46. The largest absolute Gasteiger partial charge is 0.390 e. The summed E-state index contributed by atoms with van der Waals surface area (Å²) >= 11 is 1.63. The van der Waals surface area contributed by atoms with Crippen LogP contribution >= 0.6 is 11.3 Å². The van der Waals surface area contributed by atoms with Crippen LogP contribution in [0, 0.1) is 12.8 Å². The van der Waals surface area contributed by atoms with Crippen molar-refractivity contribution in [2.24, 2.45) is 5.92 Å². The molecule has 4 rings (SSSR count). The number of anilines is 2. The second kappa shape index (κ2) is 9.04. The Hall–Kier alpha value is -2.32. The van der Waals surface area contributed by atoms with Gasteiger partial charge >= 0.3 is 0 Å². The van der Waals surface area contributed by atoms with Crippen LogP contribution in [0.15, 0.2) is 18.5 Å². The van der Waals surface area contributed by atoms with Crippen molar-refractivity contribution >= 4 is 33.3 Å². The standard InChI is InChI=1S/C23H32N6OS/c1-5-16(8-10-23(3,4)30)27-20-17(13-26-22(29-20)25-12-15-6-7-15)21-28-19-14(2)24-11-9-18(19)31-21/h9,11,13,15-16,30H,5-8,10,12H2,1-4H3,(H2,25,26,27,29). The second-order valence-corrected chi connectivity index (χ2v) is 10.2. The van der Waals surface area contributed by atoms with E-state index in [1.807, 2.05) is 39.2 Å². The third-order valence-electron chi connectivity index (χ3n) is 5.69. The number of aryl methyl sites for hydroxylation is 1. The fourth-order valence-electron chi connectivity index (χ4n) is 3.49. The molecule has 0 aliphatic heterocycles. The van der Waals surface area contributed by atoms with E-state index in [1.54, 1.807) is 11.3 Å². The van der Waals surface area contributed by atoms with E-state index in [4.69, 9.17) is 9.97 Å². The van der Waals surface area contributed by atoms with Crippen LogP contribution in [0.3, 0.4) is 0 Å². The minimum absolute atomic E-state index is 0.203. The van der Waals surface area contributed by atoms with E-state index in [0.29, 0.717) is 5.95 Å². The molecule has 3 aromatic heterocycles. The van der Waals surface area contributed by atoms with Crippen LogP contribution in [-0.4, -0.2) is 43.2 Å². The summed E-state index contributed by atoms with van der Waals surface area (Å²) < 4.78 is 1.11. The zero-order chi connectivity index (χ0) is 22.0. The molecule has 0 spiro atoms. The molecule has 1 aliphatic carbocycles. The van der Waals surface area contributed by atoms with Crippen molar-refractivity contribution in [1.29, 1.82) is 0 Å². The Morgan fingerprint density at radius 2 is 2.06 bits per heavy atom. The molecule has 31 heavy (non-hydrogen) atoms. The Labute approximate surface area is 187 Å². The van der Waals surface area contributed by atoms with Gasteiger partial charge in [0.15, 0.2) is 0 Å². The monoisotopic (exact) mass is 440 g/mol. The molecule has 1 unspecified atom stereocenters. The summed E-state index contributed by atoms with van der Waals surface area (Å²) in [5.74, 6) is 2.18. The summed E-state index contributed by atoms with van der Waals surface area (Å²) in [6.07, 6.45) is 8.77. The highest BCUT2D eigenvalue weighted by Gasteiger charge is 2.23. The molecule has 0 amide bonds. The molecular weight excluding hydrogens is 408 g/mol. The summed E-state index contributed by atoms with van der Waals surface area (Å²) in [5, 5.41) is 18.0. The van der Waals surface area contributed by atoms with Gasteiger partial charge in [0.1, 0.15) is 16.3 Å². The fraction of sp³-hybridized carbons (Fsp3) is 0.565. The Kier molecular flexibility index (Phi) is 6.39. The lowest BCUT2D eigenvalue weighted by atomic mass is 9.98. The Balaban J connectivity index is 1.64. The lowest BCUT2D eigenvalue weighted by molar-refractivity contribution is 0.0672. The van der Waals surface area contributed by atoms with Gasteiger partial charge in [0.05, 0.1) is 21.6 Å². The molecule has 166 valence electrons. The highest BCUT2D eigenvalue weighted by atomic mass is 32.1. The van der Waals surface area contributed by atoms with Crippen molar-refractivity contribution in [2.75, 3.05) is 17.2 Å². The van der Waals surface area contributed by atoms with E-state index < -0.39 is 5.60 Å². The molecule has 1 saturated carbocycles. The van der Waals surface area contributed by atoms with Gasteiger partial charge in [-0.15, -0.1) is 11.3 Å². The van der Waals surface area contributed by atoms with Gasteiger partial charge in [0.2, 0.25) is 5.95 Å². The predicted octanol–water partition coefficient (Wildman–Crippen LogP) is 5.02. The van der Waals surface area contributed by atoms with E-state index in [1.165, 1.54) is 12.8 Å². The number of nitrogens with zero attached hydrogens (tertiary/aromatic N) is 4. The SMILES string of the molecule is CCC(CCC(C)(C)O)Nc1nc(NCC2CC2)ncc1-c1nc2c(C)nccc2s1. The molecule has 1 aliphatic rings. The summed E-state index contributed by atoms with van der Waals surface area (Å²) in [6.45, 7) is 8.76. The van der Waals surface area contributed by atoms with Crippen molar-refractivity contribution in [1.82, 2.24) is 19.9 Å². The average molecular weight is 441 g/mol. The Morgan fingerprint density at radius 3 is 2.74 bits per heavy atom. The van der Waals surface area contributed by atoms with Crippen molar-refractivity contribution in [3.63, 3.8) is 0 Å². The number of pyridine rings is 1. The van der Waals surface area contributed by atoms with Crippen LogP contribution in [-0.2, 0) is 0 Å². The highest BCUT2D eigenvalue weighted by molar-refractivity contribution is 7.21. The summed E-state index contributed by atoms with van der Waals surface area (Å²) in [5.41, 5.74) is 2.07. The predicted molar refractivity (Wildman–Crippen MR) is 128 cm³/mol. The molecule has 1 fully saturated rings. The zero-order valence-corrected chi connectivity index (χ0v) is 19.6. The molecule has 0 bridgehead atoms. The van der Waals surface area contributed by atoms with E-state index >= 15 is 0 Å². The van der Waals surface area contributed by atoms with Crippen LogP contribution in [0.2, 0.25) is 0 Å². The maximum Gasteiger partial charge on any atom is 0.224 e. The zero-order valence-electron chi connectivity index (χ0n) is 18.8. The topological polar surface area (TPSA) is 95.8 Å². The van der Waals surface area contributed by atoms with Gasteiger partial charge in [-0.2, -0.15) is 4.98 Å². The van der Waals surface area contributed by atoms with Crippen molar-refractivity contribution in [3.05, 3.63) is 24.2 Å². The van der Waals surface area contributed by atoms with Gasteiger partial charge in [-0.25, -0.2) is 9.97 Å². The Bertz CT molecular complexity index is 1040. The summed E-state index contributed by atoms with van der Waals surface area (Å²) in [4.78, 5) is 18.6. The molecule has 7 nitrogen and oxygen atoms in total. The number of fused-ring (bicyclic) bond motifs is 1. The molecule has 0 aromatic carbocycles. The van der Waals surface area contributed by atoms with Gasteiger partial charge in [-0.1, -0.05) is 6.92 Å². The van der Waals surface area contributed by atoms with Crippen molar-refractivity contribution in [3.8, 4) is 10.6 Å². The first-order valence-electron chi connectivity index (χ1n) is 11.1. The molecule has 0 radical (unpaired) electrons. The van der Waals surface area contributed by atoms with Gasteiger partial charge in [-0.3, -0.25) is 4.98 Å². The van der Waals surface area contributed by atoms with E-state index in [2.05, 4.69) is 27.5 Å². The summed E-state index contributed by atoms with van der Waals surface area (Å²) in [7, 11) is 0. The van der Waals surface area contributed by atoms with Crippen LogP contribution in [0.25, 0.3) is 20.8 Å². The third-order valence-corrected chi connectivity index (χ3v) is 6.75. The number of rotatable bonds is 10. The number of aliphatic hydroxyl groups is 1. The first-order chi connectivity index (χ1) is 14.8. The maximum absolute atomic E-state index is 10.2. The quantitative estimate of drug-likeness (QED) is 0.407. The van der Waals surface area contributed by atoms with E-state index in [0.717, 1.165) is 64.0 Å². The molecule has 3 N–H and O–H groups in total. The summed E-state index contributed by atoms with van der Waals surface area (Å²) in [6, 6.07) is 2.20. The number of thiazole rings is 1. The molecule has 3 heterocycles. The fourth-order valence-corrected chi connectivity index (χ4v) is 4.51. The highest BCUT2D eigenvalue weighted by Crippen LogP contribution is 2.35. The van der Waals surface area contributed by atoms with Gasteiger partial charge < -0.3 is 15.7 Å². The number of aromatic nitrogens is 4. The lowest BCUT2D eigenvalue weighted by Gasteiger charge is -2.23. The van der Waals surface area contributed by atoms with Crippen LogP contribution in [0.4, 0.5) is 11.8 Å². The van der Waals surface area contributed by atoms with Gasteiger partial charge in [-0.05, 0) is 64.9 Å². The smallest absolute Gasteiger partial charge is 0.224 e. The molecule has 0 saturated heterocycles. The molecular formula is C23H32N6OS. The number of hydrogen-bond donors (Lipinski definition) is 3. The Morgan fingerprint density at radius 1 is 1.26 bits per heavy atom. The second-order valence-electron chi connectivity index (χ2n) is 9.14. The van der Waals surface area contributed by atoms with E-state index in [-0.39, 0.29) is 6.04 Å². The van der Waals surface area contributed by atoms with Crippen LogP contribution < -0.4 is 10.6 Å². The van der Waals surface area contributed by atoms with Gasteiger partial charge in [0.25, 0.3) is 0 Å². The first kappa shape index (κ1) is 21.9. The van der Waals surface area contributed by atoms with Crippen molar-refractivity contribution < 1.29 is 5.11 Å². The molecule has 8 heteroatoms. The van der Waals surface area contributed by atoms with Crippen LogP contribution in [0.1, 0.15) is 58.6 Å². The lowest BCUT2D eigenvalue weighted by Crippen LogP contribution is -2.26. The normalized spacial score (nSPS) is 15.3. The molecule has 1 atom stereocenters. The van der Waals surface area contributed by atoms with E-state index in [9.17, 15) is 5.11 Å². The minimum Gasteiger partial charge on any atom is -0.390 e. The van der Waals surface area contributed by atoms with Crippen LogP contribution in [0.5, 0.6) is 0 Å². The number of nitrogens with one attached hydrogen (secondary N) is 2. The first-order valence-corrected chi connectivity index (χ1v) is 12.0.